The fourth-order valence-electron chi connectivity index (χ4n) is 1.07. The Morgan fingerprint density at radius 1 is 0.923 bits per heavy atom. The van der Waals surface area contributed by atoms with Gasteiger partial charge in [0.05, 0.1) is 0 Å². The first kappa shape index (κ1) is 13.1. The molecule has 0 aromatic carbocycles. The summed E-state index contributed by atoms with van der Waals surface area (Å²) in [5.74, 6) is 0. The van der Waals surface area contributed by atoms with Crippen molar-refractivity contribution >= 4 is 8.97 Å². The number of rotatable bonds is 4. The van der Waals surface area contributed by atoms with Gasteiger partial charge < -0.3 is 13.3 Å². The molecule has 0 aliphatic rings. The van der Waals surface area contributed by atoms with Crippen molar-refractivity contribution in [2.24, 2.45) is 0 Å². The molecule has 0 aliphatic heterocycles. The van der Waals surface area contributed by atoms with Crippen molar-refractivity contribution in [3.05, 3.63) is 0 Å². The van der Waals surface area contributed by atoms with Gasteiger partial charge in [-0.25, -0.2) is 0 Å². The van der Waals surface area contributed by atoms with Gasteiger partial charge in [-0.15, -0.1) is 0 Å². The molecule has 0 bridgehead atoms. The molecule has 0 N–H and O–H groups in total. The molecular formula is C8H21NO3Si. The zero-order chi connectivity index (χ0) is 10.7. The minimum absolute atomic E-state index is 0.0335. The summed E-state index contributed by atoms with van der Waals surface area (Å²) in [5.41, 5.74) is -0.0335. The van der Waals surface area contributed by atoms with Gasteiger partial charge in [0, 0.05) is 26.9 Å². The normalized spacial score (nSPS) is 13.8. The maximum absolute atomic E-state index is 5.34. The van der Waals surface area contributed by atoms with Crippen LogP contribution in [0.5, 0.6) is 0 Å². The molecule has 0 fully saturated rings. The van der Waals surface area contributed by atoms with E-state index < -0.39 is 8.97 Å². The Labute approximate surface area is 82.2 Å². The molecule has 4 nitrogen and oxygen atoms in total. The Balaban J connectivity index is 4.73. The van der Waals surface area contributed by atoms with Crippen molar-refractivity contribution in [3.8, 4) is 0 Å². The lowest BCUT2D eigenvalue weighted by Gasteiger charge is -2.40. The van der Waals surface area contributed by atoms with E-state index in [1.54, 1.807) is 21.3 Å². The smallest absolute Gasteiger partial charge is 0.364 e. The standard InChI is InChI=1S/C8H21NO3Si/c1-8(2,3)9(4)13(10-5,11-6)12-7/h1-7H3. The quantitative estimate of drug-likeness (QED) is 0.646. The van der Waals surface area contributed by atoms with Crippen molar-refractivity contribution in [2.45, 2.75) is 26.3 Å². The Kier molecular flexibility index (Phi) is 4.54. The van der Waals surface area contributed by atoms with Crippen LogP contribution in [0.15, 0.2) is 0 Å². The van der Waals surface area contributed by atoms with Crippen LogP contribution in [0.1, 0.15) is 20.8 Å². The SMILES string of the molecule is CO[Si](OC)(OC)N(C)C(C)(C)C. The average Bonchev–Trinajstić information content (AvgIpc) is 2.07. The summed E-state index contributed by atoms with van der Waals surface area (Å²) in [5, 5.41) is 0. The highest BCUT2D eigenvalue weighted by atomic mass is 28.4. The topological polar surface area (TPSA) is 30.9 Å². The Morgan fingerprint density at radius 3 is 1.31 bits per heavy atom. The van der Waals surface area contributed by atoms with Crippen molar-refractivity contribution in [2.75, 3.05) is 28.4 Å². The van der Waals surface area contributed by atoms with Gasteiger partial charge in [0.1, 0.15) is 0 Å². The summed E-state index contributed by atoms with van der Waals surface area (Å²) >= 11 is 0. The van der Waals surface area contributed by atoms with Crippen LogP contribution < -0.4 is 0 Å². The molecule has 0 amide bonds. The van der Waals surface area contributed by atoms with Crippen molar-refractivity contribution in [1.82, 2.24) is 4.57 Å². The van der Waals surface area contributed by atoms with Crippen LogP contribution in [-0.2, 0) is 13.3 Å². The second-order valence-electron chi connectivity index (χ2n) is 3.87. The zero-order valence-electron chi connectivity index (χ0n) is 9.67. The first-order valence-electron chi connectivity index (χ1n) is 4.23. The predicted octanol–water partition coefficient (Wildman–Crippen LogP) is 1.09. The Hall–Kier alpha value is 0.0569. The lowest BCUT2D eigenvalue weighted by Crippen LogP contribution is -2.63. The van der Waals surface area contributed by atoms with Gasteiger partial charge in [0.25, 0.3) is 0 Å². The second kappa shape index (κ2) is 4.52. The third-order valence-corrected chi connectivity index (χ3v) is 5.23. The third kappa shape index (κ3) is 2.75. The Morgan fingerprint density at radius 2 is 1.23 bits per heavy atom. The van der Waals surface area contributed by atoms with E-state index in [0.29, 0.717) is 0 Å². The highest BCUT2D eigenvalue weighted by Gasteiger charge is 2.48. The lowest BCUT2D eigenvalue weighted by atomic mass is 10.1. The van der Waals surface area contributed by atoms with Gasteiger partial charge in [-0.1, -0.05) is 0 Å². The van der Waals surface area contributed by atoms with Crippen LogP contribution in [0.3, 0.4) is 0 Å². The van der Waals surface area contributed by atoms with E-state index in [0.717, 1.165) is 0 Å². The highest BCUT2D eigenvalue weighted by molar-refractivity contribution is 6.57. The van der Waals surface area contributed by atoms with Gasteiger partial charge in [-0.05, 0) is 27.8 Å². The summed E-state index contributed by atoms with van der Waals surface area (Å²) < 4.78 is 18.0. The largest absolute Gasteiger partial charge is 0.598 e. The van der Waals surface area contributed by atoms with Gasteiger partial charge in [0.2, 0.25) is 0 Å². The second-order valence-corrected chi connectivity index (χ2v) is 6.81. The zero-order valence-corrected chi connectivity index (χ0v) is 10.7. The summed E-state index contributed by atoms with van der Waals surface area (Å²) in [4.78, 5) is 0. The summed E-state index contributed by atoms with van der Waals surface area (Å²) in [7, 11) is 4.16. The van der Waals surface area contributed by atoms with E-state index in [9.17, 15) is 0 Å². The average molecular weight is 207 g/mol. The lowest BCUT2D eigenvalue weighted by molar-refractivity contribution is 0.0371. The van der Waals surface area contributed by atoms with Crippen LogP contribution in [0.4, 0.5) is 0 Å². The molecule has 0 heterocycles. The minimum Gasteiger partial charge on any atom is -0.364 e. The molecule has 80 valence electrons. The van der Waals surface area contributed by atoms with Crippen molar-refractivity contribution in [1.29, 1.82) is 0 Å². The van der Waals surface area contributed by atoms with E-state index in [-0.39, 0.29) is 5.54 Å². The predicted molar refractivity (Wildman–Crippen MR) is 54.3 cm³/mol. The number of hydrogen-bond acceptors (Lipinski definition) is 4. The Bertz CT molecular complexity index is 146. The fraction of sp³-hybridized carbons (Fsp3) is 1.00. The van der Waals surface area contributed by atoms with Crippen LogP contribution >= 0.6 is 0 Å². The molecule has 13 heavy (non-hydrogen) atoms. The molecule has 0 rings (SSSR count). The molecule has 0 saturated carbocycles. The highest BCUT2D eigenvalue weighted by Crippen LogP contribution is 2.21. The molecule has 0 aromatic rings. The van der Waals surface area contributed by atoms with E-state index in [1.807, 2.05) is 11.6 Å². The maximum Gasteiger partial charge on any atom is 0.598 e. The molecule has 5 heteroatoms. The van der Waals surface area contributed by atoms with E-state index >= 15 is 0 Å². The molecule has 0 aliphatic carbocycles. The van der Waals surface area contributed by atoms with Crippen molar-refractivity contribution in [3.63, 3.8) is 0 Å². The first-order chi connectivity index (χ1) is 5.84. The van der Waals surface area contributed by atoms with E-state index in [2.05, 4.69) is 20.8 Å². The van der Waals surface area contributed by atoms with Gasteiger partial charge in [-0.2, -0.15) is 0 Å². The molecule has 0 unspecified atom stereocenters. The summed E-state index contributed by atoms with van der Waals surface area (Å²) in [6.07, 6.45) is 0. The molecule has 0 atom stereocenters. The number of hydrogen-bond donors (Lipinski definition) is 0. The molecule has 0 spiro atoms. The van der Waals surface area contributed by atoms with Crippen LogP contribution in [0, 0.1) is 0 Å². The molecule has 0 aromatic heterocycles. The fourth-order valence-corrected chi connectivity index (χ4v) is 3.21. The third-order valence-electron chi connectivity index (χ3n) is 2.19. The van der Waals surface area contributed by atoms with Gasteiger partial charge >= 0.3 is 8.97 Å². The molecule has 0 saturated heterocycles. The van der Waals surface area contributed by atoms with Gasteiger partial charge in [-0.3, -0.25) is 4.57 Å². The van der Waals surface area contributed by atoms with Crippen molar-refractivity contribution < 1.29 is 13.3 Å². The summed E-state index contributed by atoms with van der Waals surface area (Å²) in [6, 6.07) is 0. The van der Waals surface area contributed by atoms with E-state index in [4.69, 9.17) is 13.3 Å². The summed E-state index contributed by atoms with van der Waals surface area (Å²) in [6.45, 7) is 6.27. The minimum atomic E-state index is -2.62. The first-order valence-corrected chi connectivity index (χ1v) is 5.90. The number of nitrogens with zero attached hydrogens (tertiary/aromatic N) is 1. The maximum atomic E-state index is 5.34. The van der Waals surface area contributed by atoms with Crippen LogP contribution in [0.25, 0.3) is 0 Å². The van der Waals surface area contributed by atoms with Crippen LogP contribution in [-0.4, -0.2) is 47.4 Å². The molecule has 0 radical (unpaired) electrons. The van der Waals surface area contributed by atoms with Crippen LogP contribution in [0.2, 0.25) is 0 Å². The van der Waals surface area contributed by atoms with E-state index in [1.165, 1.54) is 0 Å². The van der Waals surface area contributed by atoms with Gasteiger partial charge in [0.15, 0.2) is 0 Å². The molecular weight excluding hydrogens is 186 g/mol. The monoisotopic (exact) mass is 207 g/mol.